The summed E-state index contributed by atoms with van der Waals surface area (Å²) >= 11 is 0. The van der Waals surface area contributed by atoms with E-state index in [0.717, 1.165) is 6.42 Å². The highest BCUT2D eigenvalue weighted by molar-refractivity contribution is 5.76. The number of para-hydroxylation sites is 2. The third-order valence-corrected chi connectivity index (χ3v) is 3.61. The second-order valence-electron chi connectivity index (χ2n) is 5.10. The molecule has 0 radical (unpaired) electrons. The lowest BCUT2D eigenvalue weighted by atomic mass is 10.0. The number of anilines is 1. The first-order valence-corrected chi connectivity index (χ1v) is 7.02. The number of hydrogen-bond acceptors (Lipinski definition) is 5. The van der Waals surface area contributed by atoms with Gasteiger partial charge in [-0.1, -0.05) is 12.1 Å². The van der Waals surface area contributed by atoms with E-state index in [1.54, 1.807) is 19.2 Å². The number of nitrogen functional groups attached to an aromatic ring is 1. The quantitative estimate of drug-likeness (QED) is 0.732. The maximum Gasteiger partial charge on any atom is 0.223 e. The summed E-state index contributed by atoms with van der Waals surface area (Å²) in [6, 6.07) is 7.22. The van der Waals surface area contributed by atoms with Crippen molar-refractivity contribution in [3.8, 4) is 5.75 Å². The van der Waals surface area contributed by atoms with E-state index in [4.69, 9.17) is 19.9 Å². The average Bonchev–Trinajstić information content (AvgIpc) is 2.97. The van der Waals surface area contributed by atoms with E-state index in [1.165, 1.54) is 0 Å². The number of carbonyl (C=O) groups excluding carboxylic acids is 1. The zero-order valence-electron chi connectivity index (χ0n) is 12.3. The van der Waals surface area contributed by atoms with Crippen molar-refractivity contribution in [3.63, 3.8) is 0 Å². The molecule has 6 nitrogen and oxygen atoms in total. The molecule has 116 valence electrons. The van der Waals surface area contributed by atoms with Crippen LogP contribution in [0.25, 0.3) is 0 Å². The molecule has 2 rings (SSSR count). The normalized spacial score (nSPS) is 21.2. The summed E-state index contributed by atoms with van der Waals surface area (Å²) in [6.07, 6.45) is 1.07. The SMILES string of the molecule is COC1(CNC(=O)CCOc2ccccc2N)CCOC1. The van der Waals surface area contributed by atoms with Gasteiger partial charge in [0.25, 0.3) is 0 Å². The van der Waals surface area contributed by atoms with Crippen LogP contribution in [0, 0.1) is 0 Å². The van der Waals surface area contributed by atoms with Crippen molar-refractivity contribution in [1.29, 1.82) is 0 Å². The third-order valence-electron chi connectivity index (χ3n) is 3.61. The van der Waals surface area contributed by atoms with Crippen LogP contribution in [-0.4, -0.2) is 45.0 Å². The van der Waals surface area contributed by atoms with Crippen LogP contribution in [-0.2, 0) is 14.3 Å². The Morgan fingerprint density at radius 2 is 2.29 bits per heavy atom. The van der Waals surface area contributed by atoms with E-state index in [9.17, 15) is 4.79 Å². The van der Waals surface area contributed by atoms with Gasteiger partial charge in [0, 0.05) is 26.7 Å². The van der Waals surface area contributed by atoms with Crippen LogP contribution in [0.4, 0.5) is 5.69 Å². The van der Waals surface area contributed by atoms with Gasteiger partial charge in [-0.15, -0.1) is 0 Å². The fourth-order valence-corrected chi connectivity index (χ4v) is 2.17. The number of methoxy groups -OCH3 is 1. The van der Waals surface area contributed by atoms with Crippen LogP contribution < -0.4 is 15.8 Å². The first kappa shape index (κ1) is 15.6. The molecular formula is C15H22N2O4. The lowest BCUT2D eigenvalue weighted by Crippen LogP contribution is -2.45. The Balaban J connectivity index is 1.69. The Kier molecular flexibility index (Phi) is 5.41. The van der Waals surface area contributed by atoms with Gasteiger partial charge in [0.15, 0.2) is 0 Å². The summed E-state index contributed by atoms with van der Waals surface area (Å²) in [5.74, 6) is 0.524. The lowest BCUT2D eigenvalue weighted by molar-refractivity contribution is -0.123. The summed E-state index contributed by atoms with van der Waals surface area (Å²) < 4.78 is 16.3. The molecule has 3 N–H and O–H groups in total. The van der Waals surface area contributed by atoms with Crippen molar-refractivity contribution < 1.29 is 19.0 Å². The number of carbonyl (C=O) groups is 1. The average molecular weight is 294 g/mol. The number of nitrogens with one attached hydrogen (secondary N) is 1. The molecule has 1 aliphatic rings. The number of benzene rings is 1. The van der Waals surface area contributed by atoms with Crippen molar-refractivity contribution in [2.24, 2.45) is 0 Å². The van der Waals surface area contributed by atoms with Gasteiger partial charge < -0.3 is 25.3 Å². The number of ether oxygens (including phenoxy) is 3. The van der Waals surface area contributed by atoms with E-state index in [0.29, 0.717) is 31.2 Å². The van der Waals surface area contributed by atoms with Crippen molar-refractivity contribution in [3.05, 3.63) is 24.3 Å². The molecule has 0 aromatic heterocycles. The van der Waals surface area contributed by atoms with E-state index in [-0.39, 0.29) is 24.5 Å². The summed E-state index contributed by atoms with van der Waals surface area (Å²) in [5.41, 5.74) is 5.94. The van der Waals surface area contributed by atoms with E-state index >= 15 is 0 Å². The van der Waals surface area contributed by atoms with Gasteiger partial charge in [-0.25, -0.2) is 0 Å². The van der Waals surface area contributed by atoms with Gasteiger partial charge in [0.2, 0.25) is 5.91 Å². The molecule has 1 heterocycles. The Morgan fingerprint density at radius 3 is 2.95 bits per heavy atom. The van der Waals surface area contributed by atoms with Gasteiger partial charge in [-0.3, -0.25) is 4.79 Å². The molecule has 0 spiro atoms. The van der Waals surface area contributed by atoms with Gasteiger partial charge in [0.1, 0.15) is 11.4 Å². The van der Waals surface area contributed by atoms with Gasteiger partial charge in [-0.05, 0) is 12.1 Å². The van der Waals surface area contributed by atoms with Crippen LogP contribution in [0.5, 0.6) is 5.75 Å². The minimum absolute atomic E-state index is 0.0761. The molecule has 1 amide bonds. The maximum absolute atomic E-state index is 11.8. The van der Waals surface area contributed by atoms with E-state index in [1.807, 2.05) is 12.1 Å². The number of nitrogens with two attached hydrogens (primary N) is 1. The lowest BCUT2D eigenvalue weighted by Gasteiger charge is -2.25. The van der Waals surface area contributed by atoms with Crippen molar-refractivity contribution >= 4 is 11.6 Å². The number of hydrogen-bond donors (Lipinski definition) is 2. The molecular weight excluding hydrogens is 272 g/mol. The minimum atomic E-state index is -0.389. The van der Waals surface area contributed by atoms with Gasteiger partial charge in [-0.2, -0.15) is 0 Å². The Bertz CT molecular complexity index is 472. The highest BCUT2D eigenvalue weighted by atomic mass is 16.5. The van der Waals surface area contributed by atoms with Crippen LogP contribution >= 0.6 is 0 Å². The first-order chi connectivity index (χ1) is 10.2. The molecule has 1 fully saturated rings. The Morgan fingerprint density at radius 1 is 1.48 bits per heavy atom. The van der Waals surface area contributed by atoms with Crippen molar-refractivity contribution in [2.45, 2.75) is 18.4 Å². The van der Waals surface area contributed by atoms with Crippen LogP contribution in [0.1, 0.15) is 12.8 Å². The molecule has 1 saturated heterocycles. The Hall–Kier alpha value is -1.79. The van der Waals surface area contributed by atoms with Gasteiger partial charge >= 0.3 is 0 Å². The molecule has 0 saturated carbocycles. The molecule has 0 bridgehead atoms. The van der Waals surface area contributed by atoms with Crippen LogP contribution in [0.3, 0.4) is 0 Å². The predicted octanol–water partition coefficient (Wildman–Crippen LogP) is 0.959. The molecule has 1 atom stereocenters. The maximum atomic E-state index is 11.8. The minimum Gasteiger partial charge on any atom is -0.491 e. The Labute approximate surface area is 124 Å². The second kappa shape index (κ2) is 7.28. The molecule has 21 heavy (non-hydrogen) atoms. The largest absolute Gasteiger partial charge is 0.491 e. The van der Waals surface area contributed by atoms with E-state index < -0.39 is 0 Å². The van der Waals surface area contributed by atoms with Crippen LogP contribution in [0.15, 0.2) is 24.3 Å². The molecule has 6 heteroatoms. The molecule has 1 aromatic rings. The molecule has 0 aliphatic carbocycles. The van der Waals surface area contributed by atoms with Crippen LogP contribution in [0.2, 0.25) is 0 Å². The zero-order chi connectivity index (χ0) is 15.1. The zero-order valence-corrected chi connectivity index (χ0v) is 12.3. The summed E-state index contributed by atoms with van der Waals surface area (Å²) in [5, 5.41) is 2.86. The van der Waals surface area contributed by atoms with Gasteiger partial charge in [0.05, 0.1) is 25.3 Å². The predicted molar refractivity (Wildman–Crippen MR) is 79.2 cm³/mol. The highest BCUT2D eigenvalue weighted by Crippen LogP contribution is 2.21. The molecule has 1 aliphatic heterocycles. The molecule has 1 unspecified atom stereocenters. The monoisotopic (exact) mass is 294 g/mol. The standard InChI is InChI=1S/C15H22N2O4/c1-19-15(7-9-20-11-15)10-17-14(18)6-8-21-13-5-3-2-4-12(13)16/h2-5H,6-11,16H2,1H3,(H,17,18). The fourth-order valence-electron chi connectivity index (χ4n) is 2.17. The highest BCUT2D eigenvalue weighted by Gasteiger charge is 2.35. The fraction of sp³-hybridized carbons (Fsp3) is 0.533. The first-order valence-electron chi connectivity index (χ1n) is 7.02. The summed E-state index contributed by atoms with van der Waals surface area (Å²) in [4.78, 5) is 11.8. The number of amides is 1. The topological polar surface area (TPSA) is 82.8 Å². The van der Waals surface area contributed by atoms with Crippen molar-refractivity contribution in [1.82, 2.24) is 5.32 Å². The second-order valence-corrected chi connectivity index (χ2v) is 5.10. The van der Waals surface area contributed by atoms with E-state index in [2.05, 4.69) is 5.32 Å². The summed E-state index contributed by atoms with van der Waals surface area (Å²) in [6.45, 7) is 1.92. The number of rotatable bonds is 7. The summed E-state index contributed by atoms with van der Waals surface area (Å²) in [7, 11) is 1.64. The third kappa shape index (κ3) is 4.34. The molecule has 1 aromatic carbocycles. The van der Waals surface area contributed by atoms with Crippen molar-refractivity contribution in [2.75, 3.05) is 39.2 Å². The smallest absolute Gasteiger partial charge is 0.223 e.